The number of carbonyl (C=O) groups is 1. The van der Waals surface area contributed by atoms with Crippen molar-refractivity contribution >= 4 is 28.6 Å². The number of imidazole rings is 1. The molecule has 1 aliphatic rings. The van der Waals surface area contributed by atoms with Crippen molar-refractivity contribution in [1.29, 1.82) is 5.26 Å². The van der Waals surface area contributed by atoms with Crippen molar-refractivity contribution in [3.8, 4) is 34.5 Å². The summed E-state index contributed by atoms with van der Waals surface area (Å²) in [5.41, 5.74) is 12.9. The summed E-state index contributed by atoms with van der Waals surface area (Å²) in [5.74, 6) is 0.923. The van der Waals surface area contributed by atoms with Gasteiger partial charge in [0.2, 0.25) is 5.91 Å². The van der Waals surface area contributed by atoms with Gasteiger partial charge in [0.15, 0.2) is 17.7 Å². The number of hydrogen-bond acceptors (Lipinski definition) is 8. The molecule has 0 aliphatic carbocycles. The lowest BCUT2D eigenvalue weighted by Crippen LogP contribution is -2.40. The van der Waals surface area contributed by atoms with E-state index in [2.05, 4.69) is 51.0 Å². The molecule has 0 spiro atoms. The molecule has 1 fully saturated rings. The van der Waals surface area contributed by atoms with Crippen LogP contribution in [0.4, 0.5) is 11.5 Å². The van der Waals surface area contributed by atoms with Crippen molar-refractivity contribution < 1.29 is 4.79 Å². The number of piperidine rings is 1. The predicted octanol–water partition coefficient (Wildman–Crippen LogP) is 4.73. The number of rotatable bonds is 7. The maximum Gasteiger partial charge on any atom is 0.221 e. The van der Waals surface area contributed by atoms with E-state index in [9.17, 15) is 4.79 Å². The van der Waals surface area contributed by atoms with Gasteiger partial charge in [-0.3, -0.25) is 14.3 Å². The highest BCUT2D eigenvalue weighted by Crippen LogP contribution is 2.32. The van der Waals surface area contributed by atoms with E-state index < -0.39 is 0 Å². The van der Waals surface area contributed by atoms with Crippen molar-refractivity contribution in [2.45, 2.75) is 32.4 Å². The lowest BCUT2D eigenvalue weighted by atomic mass is 10.0. The van der Waals surface area contributed by atoms with E-state index in [1.54, 1.807) is 6.20 Å². The summed E-state index contributed by atoms with van der Waals surface area (Å²) in [5, 5.41) is 14.6. The Kier molecular flexibility index (Phi) is 7.49. The number of nitrogens with two attached hydrogens (primary N) is 1. The highest BCUT2D eigenvalue weighted by atomic mass is 16.1. The van der Waals surface area contributed by atoms with Gasteiger partial charge in [0, 0.05) is 55.7 Å². The number of anilines is 2. The number of aromatic nitrogens is 4. The van der Waals surface area contributed by atoms with Gasteiger partial charge in [0.25, 0.3) is 0 Å². The standard InChI is InChI=1S/C32H31N9O/c1-21(42)37-25-5-2-4-23(18-25)28-11-12-29-32(38-28)41(31(39-29)27-6-3-15-35-30(27)34)26-9-7-22(8-10-26)19-40-16-13-24(14-17-40)36-20-33/h2-12,15,18,24,36H,13-14,16-17,19H2,1H3,(H2,34,35)(H,37,42). The molecule has 4 heterocycles. The fourth-order valence-corrected chi connectivity index (χ4v) is 5.44. The molecular weight excluding hydrogens is 526 g/mol. The largest absolute Gasteiger partial charge is 0.383 e. The first-order valence-corrected chi connectivity index (χ1v) is 13.9. The Morgan fingerprint density at radius 3 is 2.60 bits per heavy atom. The third-order valence-corrected chi connectivity index (χ3v) is 7.52. The van der Waals surface area contributed by atoms with Crippen LogP contribution in [0.5, 0.6) is 0 Å². The minimum atomic E-state index is -0.128. The molecule has 1 saturated heterocycles. The van der Waals surface area contributed by atoms with Gasteiger partial charge in [-0.2, -0.15) is 5.26 Å². The van der Waals surface area contributed by atoms with E-state index in [1.165, 1.54) is 12.5 Å². The zero-order valence-corrected chi connectivity index (χ0v) is 23.3. The highest BCUT2D eigenvalue weighted by Gasteiger charge is 2.21. The third-order valence-electron chi connectivity index (χ3n) is 7.52. The van der Waals surface area contributed by atoms with Gasteiger partial charge in [0.05, 0.1) is 11.3 Å². The Morgan fingerprint density at radius 1 is 1.05 bits per heavy atom. The van der Waals surface area contributed by atoms with Gasteiger partial charge in [0.1, 0.15) is 11.3 Å². The van der Waals surface area contributed by atoms with Crippen molar-refractivity contribution in [3.05, 3.63) is 84.6 Å². The first-order valence-electron chi connectivity index (χ1n) is 13.9. The number of nitrogens with zero attached hydrogens (tertiary/aromatic N) is 6. The quantitative estimate of drug-likeness (QED) is 0.193. The third kappa shape index (κ3) is 5.64. The molecule has 6 rings (SSSR count). The van der Waals surface area contributed by atoms with Gasteiger partial charge in [-0.25, -0.2) is 15.0 Å². The number of fused-ring (bicyclic) bond motifs is 1. The van der Waals surface area contributed by atoms with Crippen molar-refractivity contribution in [3.63, 3.8) is 0 Å². The van der Waals surface area contributed by atoms with Crippen molar-refractivity contribution in [2.24, 2.45) is 0 Å². The fraction of sp³-hybridized carbons (Fsp3) is 0.219. The molecular formula is C32H31N9O. The summed E-state index contributed by atoms with van der Waals surface area (Å²) < 4.78 is 2.02. The predicted molar refractivity (Wildman–Crippen MR) is 163 cm³/mol. The number of nitrogens with one attached hydrogen (secondary N) is 2. The monoisotopic (exact) mass is 557 g/mol. The molecule has 5 aromatic rings. The Bertz CT molecular complexity index is 1780. The first-order chi connectivity index (χ1) is 20.5. The lowest BCUT2D eigenvalue weighted by Gasteiger charge is -2.31. The molecule has 0 atom stereocenters. The first kappa shape index (κ1) is 26.9. The number of hydrogen-bond donors (Lipinski definition) is 3. The lowest BCUT2D eigenvalue weighted by molar-refractivity contribution is -0.114. The second-order valence-corrected chi connectivity index (χ2v) is 10.5. The van der Waals surface area contributed by atoms with Crippen LogP contribution in [0.25, 0.3) is 39.5 Å². The van der Waals surface area contributed by atoms with E-state index >= 15 is 0 Å². The van der Waals surface area contributed by atoms with Gasteiger partial charge >= 0.3 is 0 Å². The maximum absolute atomic E-state index is 11.6. The summed E-state index contributed by atoms with van der Waals surface area (Å²) in [6.45, 7) is 4.24. The highest BCUT2D eigenvalue weighted by molar-refractivity contribution is 5.90. The van der Waals surface area contributed by atoms with Crippen LogP contribution in [-0.4, -0.2) is 49.5 Å². The molecule has 0 saturated carbocycles. The SMILES string of the molecule is CC(=O)Nc1cccc(-c2ccc3nc(-c4cccnc4N)n(-c4ccc(CN5CCC(NC#N)CC5)cc4)c3n2)c1. The van der Waals surface area contributed by atoms with E-state index in [4.69, 9.17) is 21.0 Å². The van der Waals surface area contributed by atoms with Gasteiger partial charge in [-0.05, 0) is 66.9 Å². The van der Waals surface area contributed by atoms with E-state index in [0.717, 1.165) is 60.5 Å². The molecule has 1 amide bonds. The minimum Gasteiger partial charge on any atom is -0.383 e. The van der Waals surface area contributed by atoms with Gasteiger partial charge in [-0.15, -0.1) is 0 Å². The zero-order valence-electron chi connectivity index (χ0n) is 23.3. The Hall–Kier alpha value is -5.27. The van der Waals surface area contributed by atoms with Crippen LogP contribution in [0, 0.1) is 11.5 Å². The Morgan fingerprint density at radius 2 is 1.86 bits per heavy atom. The smallest absolute Gasteiger partial charge is 0.221 e. The molecule has 0 unspecified atom stereocenters. The number of benzene rings is 2. The normalized spacial score (nSPS) is 14.0. The van der Waals surface area contributed by atoms with Crippen LogP contribution in [0.2, 0.25) is 0 Å². The number of nitrogen functional groups attached to an aromatic ring is 1. The average molecular weight is 558 g/mol. The van der Waals surface area contributed by atoms with E-state index in [0.29, 0.717) is 23.0 Å². The molecule has 0 bridgehead atoms. The van der Waals surface area contributed by atoms with E-state index in [-0.39, 0.29) is 11.9 Å². The molecule has 1 aliphatic heterocycles. The van der Waals surface area contributed by atoms with Gasteiger partial charge < -0.3 is 16.4 Å². The Balaban J connectivity index is 1.37. The summed E-state index contributed by atoms with van der Waals surface area (Å²) in [6.07, 6.45) is 5.66. The molecule has 0 radical (unpaired) electrons. The van der Waals surface area contributed by atoms with Crippen LogP contribution >= 0.6 is 0 Å². The van der Waals surface area contributed by atoms with Crippen molar-refractivity contribution in [1.82, 2.24) is 29.7 Å². The molecule has 3 aromatic heterocycles. The maximum atomic E-state index is 11.6. The van der Waals surface area contributed by atoms with Crippen LogP contribution in [0.3, 0.4) is 0 Å². The topological polar surface area (TPSA) is 138 Å². The average Bonchev–Trinajstić information content (AvgIpc) is 3.37. The second kappa shape index (κ2) is 11.7. The zero-order chi connectivity index (χ0) is 29.1. The molecule has 2 aromatic carbocycles. The number of carbonyl (C=O) groups excluding carboxylic acids is 1. The second-order valence-electron chi connectivity index (χ2n) is 10.5. The minimum absolute atomic E-state index is 0.128. The van der Waals surface area contributed by atoms with Gasteiger partial charge in [-0.1, -0.05) is 24.3 Å². The summed E-state index contributed by atoms with van der Waals surface area (Å²) >= 11 is 0. The summed E-state index contributed by atoms with van der Waals surface area (Å²) in [4.78, 5) is 28.3. The van der Waals surface area contributed by atoms with Crippen LogP contribution in [0.1, 0.15) is 25.3 Å². The van der Waals surface area contributed by atoms with Crippen LogP contribution in [-0.2, 0) is 11.3 Å². The number of nitriles is 1. The number of likely N-dealkylation sites (tertiary alicyclic amines) is 1. The molecule has 210 valence electrons. The van der Waals surface area contributed by atoms with Crippen LogP contribution in [0.15, 0.2) is 79.0 Å². The summed E-state index contributed by atoms with van der Waals surface area (Å²) in [7, 11) is 0. The molecule has 4 N–H and O–H groups in total. The van der Waals surface area contributed by atoms with Crippen molar-refractivity contribution in [2.75, 3.05) is 24.1 Å². The number of amides is 1. The molecule has 42 heavy (non-hydrogen) atoms. The van der Waals surface area contributed by atoms with Crippen LogP contribution < -0.4 is 16.4 Å². The molecule has 10 heteroatoms. The molecule has 10 nitrogen and oxygen atoms in total. The van der Waals surface area contributed by atoms with E-state index in [1.807, 2.05) is 53.1 Å². The Labute approximate surface area is 243 Å². The fourth-order valence-electron chi connectivity index (χ4n) is 5.44. The number of pyridine rings is 2. The summed E-state index contributed by atoms with van der Waals surface area (Å²) in [6, 6.07) is 24.0.